The van der Waals surface area contributed by atoms with E-state index in [9.17, 15) is 4.79 Å². The Kier molecular flexibility index (Phi) is 3.99. The van der Waals surface area contributed by atoms with Crippen molar-refractivity contribution >= 4 is 11.6 Å². The number of anilines is 1. The first-order valence-electron chi connectivity index (χ1n) is 5.62. The number of carbonyl (C=O) groups excluding carboxylic acids is 1. The third-order valence-electron chi connectivity index (χ3n) is 2.44. The number of nitrogen functional groups attached to an aromatic ring is 1. The molecule has 94 valence electrons. The van der Waals surface area contributed by atoms with Crippen LogP contribution in [0.3, 0.4) is 0 Å². The molecule has 4 nitrogen and oxygen atoms in total. The van der Waals surface area contributed by atoms with Crippen LogP contribution in [0.25, 0.3) is 0 Å². The van der Waals surface area contributed by atoms with Gasteiger partial charge in [0.2, 0.25) is 0 Å². The van der Waals surface area contributed by atoms with Gasteiger partial charge in [-0.25, -0.2) is 0 Å². The van der Waals surface area contributed by atoms with E-state index in [1.165, 1.54) is 0 Å². The Hall–Kier alpha value is -1.71. The molecule has 4 N–H and O–H groups in total. The van der Waals surface area contributed by atoms with Crippen molar-refractivity contribution in [2.75, 3.05) is 12.3 Å². The van der Waals surface area contributed by atoms with E-state index >= 15 is 0 Å². The van der Waals surface area contributed by atoms with Crippen LogP contribution in [0.5, 0.6) is 5.75 Å². The summed E-state index contributed by atoms with van der Waals surface area (Å²) < 4.78 is 5.57. The van der Waals surface area contributed by atoms with Crippen molar-refractivity contribution in [1.82, 2.24) is 0 Å². The second-order valence-electron chi connectivity index (χ2n) is 5.24. The molecule has 1 amide bonds. The maximum absolute atomic E-state index is 11.1. The zero-order valence-corrected chi connectivity index (χ0v) is 10.6. The van der Waals surface area contributed by atoms with E-state index in [4.69, 9.17) is 16.2 Å². The minimum absolute atomic E-state index is 0.204. The topological polar surface area (TPSA) is 78.3 Å². The maximum atomic E-state index is 11.1. The van der Waals surface area contributed by atoms with Crippen LogP contribution in [0.4, 0.5) is 5.69 Å². The number of para-hydroxylation sites is 1. The van der Waals surface area contributed by atoms with Crippen LogP contribution >= 0.6 is 0 Å². The summed E-state index contributed by atoms with van der Waals surface area (Å²) in [5.74, 6) is -0.0191. The standard InChI is InChI=1S/C13H20N2O2/c1-13(2,3)7-8-17-10-6-4-5-9(11(10)14)12(15)16/h4-6H,7-8,14H2,1-3H3,(H2,15,16). The van der Waals surface area contributed by atoms with Crippen LogP contribution < -0.4 is 16.2 Å². The third kappa shape index (κ3) is 3.98. The number of benzene rings is 1. The lowest BCUT2D eigenvalue weighted by Gasteiger charge is -2.18. The van der Waals surface area contributed by atoms with Gasteiger partial charge < -0.3 is 16.2 Å². The maximum Gasteiger partial charge on any atom is 0.250 e. The summed E-state index contributed by atoms with van der Waals surface area (Å²) in [6.45, 7) is 6.98. The highest BCUT2D eigenvalue weighted by Gasteiger charge is 2.13. The van der Waals surface area contributed by atoms with E-state index in [-0.39, 0.29) is 5.41 Å². The van der Waals surface area contributed by atoms with Gasteiger partial charge in [-0.2, -0.15) is 0 Å². The van der Waals surface area contributed by atoms with Crippen molar-refractivity contribution in [3.8, 4) is 5.75 Å². The van der Waals surface area contributed by atoms with Crippen LogP contribution in [0.15, 0.2) is 18.2 Å². The summed E-state index contributed by atoms with van der Waals surface area (Å²) in [5, 5.41) is 0. The van der Waals surface area contributed by atoms with Crippen molar-refractivity contribution < 1.29 is 9.53 Å². The molecular weight excluding hydrogens is 216 g/mol. The van der Waals surface area contributed by atoms with Gasteiger partial charge in [-0.15, -0.1) is 0 Å². The molecule has 4 heteroatoms. The SMILES string of the molecule is CC(C)(C)CCOc1cccc(C(N)=O)c1N. The molecular formula is C13H20N2O2. The van der Waals surface area contributed by atoms with E-state index in [2.05, 4.69) is 20.8 Å². The molecule has 17 heavy (non-hydrogen) atoms. The fourth-order valence-corrected chi connectivity index (χ4v) is 1.35. The number of rotatable bonds is 4. The first-order valence-corrected chi connectivity index (χ1v) is 5.62. The molecule has 0 heterocycles. The second kappa shape index (κ2) is 5.08. The van der Waals surface area contributed by atoms with Gasteiger partial charge in [0, 0.05) is 0 Å². The van der Waals surface area contributed by atoms with Crippen molar-refractivity contribution in [3.63, 3.8) is 0 Å². The van der Waals surface area contributed by atoms with Gasteiger partial charge in [-0.1, -0.05) is 26.8 Å². The minimum Gasteiger partial charge on any atom is -0.491 e. The highest BCUT2D eigenvalue weighted by Crippen LogP contribution is 2.26. The van der Waals surface area contributed by atoms with Gasteiger partial charge in [-0.05, 0) is 24.0 Å². The van der Waals surface area contributed by atoms with Gasteiger partial charge in [0.15, 0.2) is 0 Å². The predicted molar refractivity (Wildman–Crippen MR) is 68.9 cm³/mol. The number of hydrogen-bond acceptors (Lipinski definition) is 3. The Morgan fingerprint density at radius 2 is 2.00 bits per heavy atom. The van der Waals surface area contributed by atoms with Crippen molar-refractivity contribution in [2.24, 2.45) is 11.1 Å². The molecule has 0 aliphatic rings. The Morgan fingerprint density at radius 1 is 1.35 bits per heavy atom. The smallest absolute Gasteiger partial charge is 0.250 e. The van der Waals surface area contributed by atoms with Crippen LogP contribution in [-0.2, 0) is 0 Å². The minimum atomic E-state index is -0.538. The van der Waals surface area contributed by atoms with E-state index in [0.717, 1.165) is 6.42 Å². The lowest BCUT2D eigenvalue weighted by atomic mass is 9.93. The quantitative estimate of drug-likeness (QED) is 0.786. The van der Waals surface area contributed by atoms with E-state index in [0.29, 0.717) is 23.6 Å². The largest absolute Gasteiger partial charge is 0.491 e. The molecule has 0 bridgehead atoms. The molecule has 0 saturated carbocycles. The summed E-state index contributed by atoms with van der Waals surface area (Å²) in [4.78, 5) is 11.1. The number of ether oxygens (including phenoxy) is 1. The normalized spacial score (nSPS) is 11.2. The van der Waals surface area contributed by atoms with Gasteiger partial charge in [0.25, 0.3) is 5.91 Å². The summed E-state index contributed by atoms with van der Waals surface area (Å²) in [5.41, 5.74) is 11.8. The molecule has 0 saturated heterocycles. The fourth-order valence-electron chi connectivity index (χ4n) is 1.35. The lowest BCUT2D eigenvalue weighted by molar-refractivity contribution is 0.100. The third-order valence-corrected chi connectivity index (χ3v) is 2.44. The summed E-state index contributed by atoms with van der Waals surface area (Å²) in [7, 11) is 0. The molecule has 0 atom stereocenters. The number of primary amides is 1. The molecule has 1 aromatic rings. The van der Waals surface area contributed by atoms with E-state index in [1.54, 1.807) is 18.2 Å². The van der Waals surface area contributed by atoms with Gasteiger partial charge in [0.05, 0.1) is 17.9 Å². The van der Waals surface area contributed by atoms with Crippen LogP contribution in [-0.4, -0.2) is 12.5 Å². The number of nitrogens with two attached hydrogens (primary N) is 2. The van der Waals surface area contributed by atoms with Crippen LogP contribution in [0.1, 0.15) is 37.6 Å². The average molecular weight is 236 g/mol. The summed E-state index contributed by atoms with van der Waals surface area (Å²) in [6.07, 6.45) is 0.910. The Balaban J connectivity index is 2.72. The van der Waals surface area contributed by atoms with Crippen molar-refractivity contribution in [2.45, 2.75) is 27.2 Å². The van der Waals surface area contributed by atoms with Crippen LogP contribution in [0.2, 0.25) is 0 Å². The first-order chi connectivity index (χ1) is 7.81. The Morgan fingerprint density at radius 3 is 2.53 bits per heavy atom. The van der Waals surface area contributed by atoms with E-state index < -0.39 is 5.91 Å². The molecule has 1 rings (SSSR count). The fraction of sp³-hybridized carbons (Fsp3) is 0.462. The summed E-state index contributed by atoms with van der Waals surface area (Å²) in [6, 6.07) is 5.04. The predicted octanol–water partition coefficient (Wildman–Crippen LogP) is 2.18. The highest BCUT2D eigenvalue weighted by molar-refractivity contribution is 5.99. The monoisotopic (exact) mass is 236 g/mol. The molecule has 0 aromatic heterocycles. The molecule has 0 unspecified atom stereocenters. The van der Waals surface area contributed by atoms with Gasteiger partial charge >= 0.3 is 0 Å². The molecule has 1 aromatic carbocycles. The molecule has 0 aliphatic heterocycles. The Bertz CT molecular complexity index is 408. The zero-order chi connectivity index (χ0) is 13.1. The van der Waals surface area contributed by atoms with Gasteiger partial charge in [-0.3, -0.25) is 4.79 Å². The molecule has 0 fully saturated rings. The molecule has 0 spiro atoms. The van der Waals surface area contributed by atoms with Crippen molar-refractivity contribution in [3.05, 3.63) is 23.8 Å². The molecule has 0 aliphatic carbocycles. The molecule has 0 radical (unpaired) electrons. The Labute approximate surface area is 102 Å². The zero-order valence-electron chi connectivity index (χ0n) is 10.6. The number of carbonyl (C=O) groups is 1. The first kappa shape index (κ1) is 13.4. The van der Waals surface area contributed by atoms with Gasteiger partial charge in [0.1, 0.15) is 5.75 Å². The van der Waals surface area contributed by atoms with Crippen LogP contribution in [0, 0.1) is 5.41 Å². The highest BCUT2D eigenvalue weighted by atomic mass is 16.5. The lowest BCUT2D eigenvalue weighted by Crippen LogP contribution is -2.15. The number of amides is 1. The van der Waals surface area contributed by atoms with E-state index in [1.807, 2.05) is 0 Å². The average Bonchev–Trinajstić information content (AvgIpc) is 2.18. The summed E-state index contributed by atoms with van der Waals surface area (Å²) >= 11 is 0. The van der Waals surface area contributed by atoms with Crippen molar-refractivity contribution in [1.29, 1.82) is 0 Å². The number of hydrogen-bond donors (Lipinski definition) is 2. The second-order valence-corrected chi connectivity index (χ2v) is 5.24.